The molecule has 3 heterocycles. The number of anilines is 1. The van der Waals surface area contributed by atoms with Crippen LogP contribution < -0.4 is 5.32 Å². The summed E-state index contributed by atoms with van der Waals surface area (Å²) in [5.41, 5.74) is 0.735. The lowest BCUT2D eigenvalue weighted by molar-refractivity contribution is -0.137. The molecule has 1 aromatic carbocycles. The van der Waals surface area contributed by atoms with Crippen LogP contribution in [0.15, 0.2) is 59.7 Å². The zero-order valence-electron chi connectivity index (χ0n) is 17.2. The molecule has 1 atom stereocenters. The second-order valence-corrected chi connectivity index (χ2v) is 7.92. The minimum atomic E-state index is -4.53. The number of pyridine rings is 1. The van der Waals surface area contributed by atoms with Gasteiger partial charge in [0, 0.05) is 5.38 Å². The Bertz CT molecular complexity index is 1260. The molecule has 0 aliphatic carbocycles. The molecule has 11 heteroatoms. The third-order valence-electron chi connectivity index (χ3n) is 5.11. The molecule has 1 unspecified atom stereocenters. The Labute approximate surface area is 190 Å². The number of carbonyl (C=O) groups excluding carboxylic acids is 1. The van der Waals surface area contributed by atoms with Gasteiger partial charge in [-0.2, -0.15) is 13.2 Å². The Balaban J connectivity index is 1.57. The van der Waals surface area contributed by atoms with Crippen LogP contribution in [0.25, 0.3) is 11.4 Å². The van der Waals surface area contributed by atoms with Crippen LogP contribution in [0.4, 0.5) is 18.9 Å². The van der Waals surface area contributed by atoms with E-state index in [1.54, 1.807) is 29.9 Å². The fourth-order valence-corrected chi connectivity index (χ4v) is 3.80. The number of alkyl halides is 3. The predicted molar refractivity (Wildman–Crippen MR) is 117 cm³/mol. The number of aliphatic hydroxyl groups is 1. The number of aromatic amines is 1. The smallest absolute Gasteiger partial charge is 0.377 e. The summed E-state index contributed by atoms with van der Waals surface area (Å²) in [6.07, 6.45) is -1.53. The fraction of sp³-hybridized carbons (Fsp3) is 0.182. The van der Waals surface area contributed by atoms with Crippen LogP contribution in [0.1, 0.15) is 40.8 Å². The molecule has 3 aromatic heterocycles. The van der Waals surface area contributed by atoms with Crippen molar-refractivity contribution in [3.63, 3.8) is 0 Å². The van der Waals surface area contributed by atoms with Gasteiger partial charge in [-0.1, -0.05) is 19.1 Å². The van der Waals surface area contributed by atoms with E-state index in [0.29, 0.717) is 22.8 Å². The average molecular weight is 473 g/mol. The van der Waals surface area contributed by atoms with Crippen molar-refractivity contribution in [3.05, 3.63) is 82.3 Å². The molecule has 3 N–H and O–H groups in total. The van der Waals surface area contributed by atoms with Gasteiger partial charge in [-0.05, 0) is 36.2 Å². The predicted octanol–water partition coefficient (Wildman–Crippen LogP) is 4.85. The van der Waals surface area contributed by atoms with Gasteiger partial charge in [0.05, 0.1) is 40.5 Å². The van der Waals surface area contributed by atoms with E-state index in [9.17, 15) is 23.1 Å². The Morgan fingerprint density at radius 3 is 2.55 bits per heavy atom. The zero-order chi connectivity index (χ0) is 23.6. The van der Waals surface area contributed by atoms with Gasteiger partial charge in [-0.15, -0.1) is 11.3 Å². The summed E-state index contributed by atoms with van der Waals surface area (Å²) in [5.74, 6) is -0.259. The van der Waals surface area contributed by atoms with Crippen LogP contribution in [0.5, 0.6) is 0 Å². The molecular weight excluding hydrogens is 455 g/mol. The lowest BCUT2D eigenvalue weighted by Gasteiger charge is -2.26. The number of thiazole rings is 1. The van der Waals surface area contributed by atoms with Crippen LogP contribution >= 0.6 is 11.3 Å². The molecule has 0 saturated carbocycles. The highest BCUT2D eigenvalue weighted by Crippen LogP contribution is 2.36. The quantitative estimate of drug-likeness (QED) is 0.372. The number of amides is 1. The van der Waals surface area contributed by atoms with Gasteiger partial charge < -0.3 is 15.4 Å². The van der Waals surface area contributed by atoms with Crippen LogP contribution in [0, 0.1) is 0 Å². The zero-order valence-corrected chi connectivity index (χ0v) is 18.0. The highest BCUT2D eigenvalue weighted by molar-refractivity contribution is 7.07. The highest BCUT2D eigenvalue weighted by atomic mass is 32.1. The number of rotatable bonds is 6. The largest absolute Gasteiger partial charge is 0.416 e. The summed E-state index contributed by atoms with van der Waals surface area (Å²) in [4.78, 5) is 27.5. The lowest BCUT2D eigenvalue weighted by Crippen LogP contribution is -2.28. The van der Waals surface area contributed by atoms with Gasteiger partial charge in [-0.3, -0.25) is 9.78 Å². The second-order valence-electron chi connectivity index (χ2n) is 7.20. The van der Waals surface area contributed by atoms with Crippen molar-refractivity contribution in [2.24, 2.45) is 0 Å². The van der Waals surface area contributed by atoms with Crippen molar-refractivity contribution in [2.75, 3.05) is 5.32 Å². The van der Waals surface area contributed by atoms with E-state index in [1.807, 2.05) is 0 Å². The van der Waals surface area contributed by atoms with Crippen molar-refractivity contribution in [3.8, 4) is 11.4 Å². The van der Waals surface area contributed by atoms with Gasteiger partial charge >= 0.3 is 6.18 Å². The molecule has 0 fully saturated rings. The summed E-state index contributed by atoms with van der Waals surface area (Å²) in [5, 5.41) is 15.5. The normalized spacial score (nSPS) is 13.5. The summed E-state index contributed by atoms with van der Waals surface area (Å²) in [6, 6.07) is 7.84. The van der Waals surface area contributed by atoms with Crippen molar-refractivity contribution >= 4 is 22.9 Å². The van der Waals surface area contributed by atoms with Gasteiger partial charge in [-0.25, -0.2) is 9.97 Å². The molecule has 0 bridgehead atoms. The van der Waals surface area contributed by atoms with Crippen molar-refractivity contribution in [2.45, 2.75) is 25.1 Å². The summed E-state index contributed by atoms with van der Waals surface area (Å²) in [6.45, 7) is 1.65. The molecule has 0 saturated heterocycles. The van der Waals surface area contributed by atoms with Gasteiger partial charge in [0.15, 0.2) is 0 Å². The first-order valence-electron chi connectivity index (χ1n) is 9.82. The van der Waals surface area contributed by atoms with Crippen LogP contribution in [0.3, 0.4) is 0 Å². The van der Waals surface area contributed by atoms with E-state index in [-0.39, 0.29) is 23.7 Å². The molecule has 33 heavy (non-hydrogen) atoms. The second kappa shape index (κ2) is 8.75. The van der Waals surface area contributed by atoms with Crippen LogP contribution in [0.2, 0.25) is 0 Å². The number of nitrogens with zero attached hydrogens (tertiary/aromatic N) is 3. The maximum absolute atomic E-state index is 13.1. The summed E-state index contributed by atoms with van der Waals surface area (Å²) >= 11 is 1.31. The third-order valence-corrected chi connectivity index (χ3v) is 5.70. The number of aromatic nitrogens is 4. The van der Waals surface area contributed by atoms with Gasteiger partial charge in [0.1, 0.15) is 17.1 Å². The van der Waals surface area contributed by atoms with E-state index in [4.69, 9.17) is 0 Å². The molecule has 4 aromatic rings. The number of hydrogen-bond acceptors (Lipinski definition) is 6. The molecular formula is C22H18F3N5O2S. The summed E-state index contributed by atoms with van der Waals surface area (Å²) < 4.78 is 39.4. The fourth-order valence-electron chi connectivity index (χ4n) is 3.27. The Kier molecular flexibility index (Phi) is 6.00. The first kappa shape index (κ1) is 22.6. The monoisotopic (exact) mass is 473 g/mol. The molecule has 0 spiro atoms. The van der Waals surface area contributed by atoms with Gasteiger partial charge in [0.2, 0.25) is 0 Å². The highest BCUT2D eigenvalue weighted by Gasteiger charge is 2.36. The van der Waals surface area contributed by atoms with E-state index in [1.165, 1.54) is 35.9 Å². The molecule has 0 aliphatic heterocycles. The third kappa shape index (κ3) is 4.64. The van der Waals surface area contributed by atoms with E-state index >= 15 is 0 Å². The average Bonchev–Trinajstić information content (AvgIpc) is 3.51. The molecule has 7 nitrogen and oxygen atoms in total. The number of carbonyl (C=O) groups is 1. The van der Waals surface area contributed by atoms with Gasteiger partial charge in [0.25, 0.3) is 5.91 Å². The molecule has 4 rings (SSSR count). The van der Waals surface area contributed by atoms with Crippen LogP contribution in [-0.2, 0) is 11.8 Å². The molecule has 170 valence electrons. The van der Waals surface area contributed by atoms with Crippen molar-refractivity contribution in [1.82, 2.24) is 19.9 Å². The number of nitrogens with one attached hydrogen (secondary N) is 2. The van der Waals surface area contributed by atoms with E-state index in [2.05, 4.69) is 25.3 Å². The SMILES string of the molecule is CCC(O)(c1cccc(C(F)(F)F)c1)c1ncc(-c2ccc(NC(=O)c3cscn3)cn2)[nH]1. The first-order valence-corrected chi connectivity index (χ1v) is 10.8. The Hall–Kier alpha value is -3.57. The Morgan fingerprint density at radius 1 is 1.12 bits per heavy atom. The topological polar surface area (TPSA) is 104 Å². The molecule has 0 radical (unpaired) electrons. The lowest BCUT2D eigenvalue weighted by atomic mass is 9.89. The van der Waals surface area contributed by atoms with Crippen molar-refractivity contribution < 1.29 is 23.1 Å². The maximum atomic E-state index is 13.1. The number of hydrogen-bond donors (Lipinski definition) is 3. The Morgan fingerprint density at radius 2 is 1.91 bits per heavy atom. The maximum Gasteiger partial charge on any atom is 0.416 e. The number of H-pyrrole nitrogens is 1. The van der Waals surface area contributed by atoms with E-state index < -0.39 is 17.3 Å². The minimum absolute atomic E-state index is 0.0776. The number of benzene rings is 1. The molecule has 0 aliphatic rings. The first-order chi connectivity index (χ1) is 15.7. The van der Waals surface area contributed by atoms with Crippen LogP contribution in [-0.4, -0.2) is 30.9 Å². The minimum Gasteiger partial charge on any atom is -0.377 e. The standard InChI is InChI=1S/C22H18F3N5O2S/c1-2-21(32,13-4-3-5-14(8-13)22(23,24)25)20-27-10-17(30-20)16-7-6-15(9-26-16)29-19(31)18-11-33-12-28-18/h3-12,32H,2H2,1H3,(H,27,30)(H,29,31). The number of halogens is 3. The van der Waals surface area contributed by atoms with Crippen molar-refractivity contribution in [1.29, 1.82) is 0 Å². The number of imidazole rings is 1. The summed E-state index contributed by atoms with van der Waals surface area (Å²) in [7, 11) is 0. The van der Waals surface area contributed by atoms with E-state index in [0.717, 1.165) is 12.1 Å². The molecule has 1 amide bonds.